The van der Waals surface area contributed by atoms with Crippen LogP contribution in [-0.4, -0.2) is 33.8 Å². The zero-order valence-corrected chi connectivity index (χ0v) is 17.5. The predicted octanol–water partition coefficient (Wildman–Crippen LogP) is 3.14. The summed E-state index contributed by atoms with van der Waals surface area (Å²) >= 11 is 1.02. The van der Waals surface area contributed by atoms with Gasteiger partial charge < -0.3 is 10.1 Å². The Morgan fingerprint density at radius 2 is 2.00 bits per heavy atom. The molecule has 30 heavy (non-hydrogen) atoms. The SMILES string of the molecule is COC(=O)Cn1c(S[C@@H](C)C(=O)Nc2ccc(C)c(F)c2)nc2ccccc2c1=O. The number of methoxy groups -OCH3 is 1. The number of aryl methyl sites for hydroxylation is 1. The fourth-order valence-electron chi connectivity index (χ4n) is 2.70. The maximum Gasteiger partial charge on any atom is 0.325 e. The second-order valence-corrected chi connectivity index (χ2v) is 7.90. The molecular weight excluding hydrogens is 409 g/mol. The molecule has 0 unspecified atom stereocenters. The summed E-state index contributed by atoms with van der Waals surface area (Å²) < 4.78 is 19.6. The standard InChI is InChI=1S/C21H20FN3O4S/c1-12-8-9-14(10-16(12)22)23-19(27)13(2)30-21-24-17-7-5-4-6-15(17)20(28)25(21)11-18(26)29-3/h4-10,13H,11H2,1-3H3,(H,23,27)/t13-/m0/s1. The second kappa shape index (κ2) is 9.08. The van der Waals surface area contributed by atoms with Gasteiger partial charge in [-0.05, 0) is 43.7 Å². The average molecular weight is 429 g/mol. The number of carbonyl (C=O) groups excluding carboxylic acids is 2. The van der Waals surface area contributed by atoms with Gasteiger partial charge in [0.15, 0.2) is 5.16 Å². The number of para-hydroxylation sites is 1. The highest BCUT2D eigenvalue weighted by Gasteiger charge is 2.21. The van der Waals surface area contributed by atoms with E-state index < -0.39 is 28.5 Å². The smallest absolute Gasteiger partial charge is 0.325 e. The molecule has 1 amide bonds. The number of halogens is 1. The van der Waals surface area contributed by atoms with Crippen LogP contribution < -0.4 is 10.9 Å². The van der Waals surface area contributed by atoms with Crippen molar-refractivity contribution in [3.05, 3.63) is 64.2 Å². The third-order valence-electron chi connectivity index (χ3n) is 4.43. The van der Waals surface area contributed by atoms with Gasteiger partial charge in [-0.25, -0.2) is 9.37 Å². The molecule has 0 aliphatic rings. The zero-order chi connectivity index (χ0) is 21.8. The lowest BCUT2D eigenvalue weighted by atomic mass is 10.2. The summed E-state index contributed by atoms with van der Waals surface area (Å²) in [5, 5.41) is 2.54. The molecule has 7 nitrogen and oxygen atoms in total. The number of rotatable bonds is 6. The van der Waals surface area contributed by atoms with Crippen LogP contribution >= 0.6 is 11.8 Å². The van der Waals surface area contributed by atoms with E-state index in [-0.39, 0.29) is 11.7 Å². The van der Waals surface area contributed by atoms with Crippen LogP contribution in [0, 0.1) is 12.7 Å². The number of ether oxygens (including phenoxy) is 1. The lowest BCUT2D eigenvalue weighted by Crippen LogP contribution is -2.29. The van der Waals surface area contributed by atoms with Gasteiger partial charge in [0.25, 0.3) is 5.56 Å². The Labute approximate surface area is 176 Å². The van der Waals surface area contributed by atoms with Crippen LogP contribution in [0.1, 0.15) is 12.5 Å². The van der Waals surface area contributed by atoms with Gasteiger partial charge >= 0.3 is 5.97 Å². The van der Waals surface area contributed by atoms with Gasteiger partial charge in [0, 0.05) is 5.69 Å². The van der Waals surface area contributed by atoms with Crippen LogP contribution in [0.2, 0.25) is 0 Å². The first-order valence-corrected chi connectivity index (χ1v) is 9.98. The predicted molar refractivity (Wildman–Crippen MR) is 113 cm³/mol. The summed E-state index contributed by atoms with van der Waals surface area (Å²) in [7, 11) is 1.23. The zero-order valence-electron chi connectivity index (χ0n) is 16.6. The first-order chi connectivity index (χ1) is 14.3. The number of amides is 1. The van der Waals surface area contributed by atoms with Crippen molar-refractivity contribution in [1.29, 1.82) is 0 Å². The number of nitrogens with one attached hydrogen (secondary N) is 1. The summed E-state index contributed by atoms with van der Waals surface area (Å²) in [4.78, 5) is 41.7. The number of anilines is 1. The third kappa shape index (κ3) is 4.68. The van der Waals surface area contributed by atoms with Crippen LogP contribution in [0.4, 0.5) is 10.1 Å². The Morgan fingerprint density at radius 1 is 1.27 bits per heavy atom. The van der Waals surface area contributed by atoms with Crippen molar-refractivity contribution in [1.82, 2.24) is 9.55 Å². The normalized spacial score (nSPS) is 11.9. The van der Waals surface area contributed by atoms with Crippen molar-refractivity contribution in [2.24, 2.45) is 0 Å². The van der Waals surface area contributed by atoms with E-state index >= 15 is 0 Å². The molecule has 9 heteroatoms. The maximum absolute atomic E-state index is 13.7. The number of fused-ring (bicyclic) bond motifs is 1. The molecule has 1 heterocycles. The highest BCUT2D eigenvalue weighted by molar-refractivity contribution is 8.00. The molecule has 156 valence electrons. The molecule has 1 atom stereocenters. The van der Waals surface area contributed by atoms with Gasteiger partial charge in [0.1, 0.15) is 12.4 Å². The van der Waals surface area contributed by atoms with Crippen molar-refractivity contribution >= 4 is 40.2 Å². The van der Waals surface area contributed by atoms with Crippen LogP contribution in [0.5, 0.6) is 0 Å². The van der Waals surface area contributed by atoms with Crippen LogP contribution in [-0.2, 0) is 20.9 Å². The van der Waals surface area contributed by atoms with Gasteiger partial charge in [0.05, 0.1) is 23.3 Å². The highest BCUT2D eigenvalue weighted by Crippen LogP contribution is 2.24. The number of nitrogens with zero attached hydrogens (tertiary/aromatic N) is 2. The van der Waals surface area contributed by atoms with Crippen LogP contribution in [0.3, 0.4) is 0 Å². The van der Waals surface area contributed by atoms with Crippen molar-refractivity contribution in [3.8, 4) is 0 Å². The monoisotopic (exact) mass is 429 g/mol. The van der Waals surface area contributed by atoms with Crippen LogP contribution in [0.15, 0.2) is 52.4 Å². The molecule has 0 aliphatic heterocycles. The summed E-state index contributed by atoms with van der Waals surface area (Å²) in [6.07, 6.45) is 0. The van der Waals surface area contributed by atoms with E-state index in [1.165, 1.54) is 17.7 Å². The Kier molecular flexibility index (Phi) is 6.51. The minimum atomic E-state index is -0.675. The van der Waals surface area contributed by atoms with E-state index in [4.69, 9.17) is 0 Å². The molecule has 0 radical (unpaired) electrons. The van der Waals surface area contributed by atoms with E-state index in [0.717, 1.165) is 11.8 Å². The molecule has 0 saturated carbocycles. The number of carbonyl (C=O) groups is 2. The quantitative estimate of drug-likeness (QED) is 0.368. The Balaban J connectivity index is 1.89. The Hall–Kier alpha value is -3.20. The van der Waals surface area contributed by atoms with E-state index in [0.29, 0.717) is 22.2 Å². The summed E-state index contributed by atoms with van der Waals surface area (Å²) in [5.74, 6) is -1.42. The molecule has 3 aromatic rings. The lowest BCUT2D eigenvalue weighted by Gasteiger charge is -2.16. The van der Waals surface area contributed by atoms with Gasteiger partial charge in [-0.3, -0.25) is 19.0 Å². The molecule has 0 saturated heterocycles. The van der Waals surface area contributed by atoms with E-state index in [1.54, 1.807) is 50.2 Å². The van der Waals surface area contributed by atoms with Crippen molar-refractivity contribution in [2.45, 2.75) is 30.8 Å². The van der Waals surface area contributed by atoms with Gasteiger partial charge in [0.2, 0.25) is 5.91 Å². The minimum Gasteiger partial charge on any atom is -0.468 e. The molecule has 0 aliphatic carbocycles. The number of benzene rings is 2. The third-order valence-corrected chi connectivity index (χ3v) is 5.52. The molecule has 0 fully saturated rings. The van der Waals surface area contributed by atoms with Gasteiger partial charge in [-0.15, -0.1) is 0 Å². The molecule has 1 aromatic heterocycles. The maximum atomic E-state index is 13.7. The number of thioether (sulfide) groups is 1. The average Bonchev–Trinajstić information content (AvgIpc) is 2.73. The first kappa shape index (κ1) is 21.5. The molecule has 0 bridgehead atoms. The van der Waals surface area contributed by atoms with Gasteiger partial charge in [-0.1, -0.05) is 30.0 Å². The van der Waals surface area contributed by atoms with Crippen molar-refractivity contribution < 1.29 is 18.7 Å². The second-order valence-electron chi connectivity index (χ2n) is 6.59. The molecule has 0 spiro atoms. The lowest BCUT2D eigenvalue weighted by molar-refractivity contribution is -0.141. The Bertz CT molecular complexity index is 1180. The van der Waals surface area contributed by atoms with Crippen LogP contribution in [0.25, 0.3) is 10.9 Å². The minimum absolute atomic E-state index is 0.210. The van der Waals surface area contributed by atoms with E-state index in [1.807, 2.05) is 0 Å². The summed E-state index contributed by atoms with van der Waals surface area (Å²) in [6.45, 7) is 2.94. The van der Waals surface area contributed by atoms with Gasteiger partial charge in [-0.2, -0.15) is 0 Å². The number of aromatic nitrogens is 2. The molecule has 3 rings (SSSR count). The van der Waals surface area contributed by atoms with E-state index in [2.05, 4.69) is 15.0 Å². The summed E-state index contributed by atoms with van der Waals surface area (Å²) in [5.41, 5.74) is 0.859. The van der Waals surface area contributed by atoms with Crippen molar-refractivity contribution in [3.63, 3.8) is 0 Å². The molecule has 1 N–H and O–H groups in total. The fraction of sp³-hybridized carbons (Fsp3) is 0.238. The highest BCUT2D eigenvalue weighted by atomic mass is 32.2. The molecule has 2 aromatic carbocycles. The fourth-order valence-corrected chi connectivity index (χ4v) is 3.60. The van der Waals surface area contributed by atoms with Crippen molar-refractivity contribution in [2.75, 3.05) is 12.4 Å². The first-order valence-electron chi connectivity index (χ1n) is 9.10. The largest absolute Gasteiger partial charge is 0.468 e. The topological polar surface area (TPSA) is 90.3 Å². The summed E-state index contributed by atoms with van der Waals surface area (Å²) in [6, 6.07) is 11.2. The Morgan fingerprint density at radius 3 is 2.70 bits per heavy atom. The number of hydrogen-bond donors (Lipinski definition) is 1. The number of esters is 1. The van der Waals surface area contributed by atoms with E-state index in [9.17, 15) is 18.8 Å². The number of hydrogen-bond acceptors (Lipinski definition) is 6. The molecular formula is C21H20FN3O4S.